The minimum Gasteiger partial charge on any atom is -0.494 e. The van der Waals surface area contributed by atoms with Gasteiger partial charge < -0.3 is 14.5 Å². The van der Waals surface area contributed by atoms with E-state index in [-0.39, 0.29) is 18.4 Å². The first-order chi connectivity index (χ1) is 13.2. The van der Waals surface area contributed by atoms with Crippen LogP contribution in [0, 0.1) is 0 Å². The molecule has 0 saturated carbocycles. The first kappa shape index (κ1) is 17.8. The number of aromatic nitrogens is 1. The molecule has 1 aliphatic rings. The zero-order valence-electron chi connectivity index (χ0n) is 15.2. The first-order valence-corrected chi connectivity index (χ1v) is 10.1. The van der Waals surface area contributed by atoms with Crippen molar-refractivity contribution in [3.05, 3.63) is 59.0 Å². The molecule has 0 spiro atoms. The van der Waals surface area contributed by atoms with E-state index in [4.69, 9.17) is 9.15 Å². The Hall–Kier alpha value is -2.60. The molecular formula is C21H22N2O3S. The molecule has 5 nitrogen and oxygen atoms in total. The van der Waals surface area contributed by atoms with E-state index >= 15 is 0 Å². The molecule has 0 saturated heterocycles. The van der Waals surface area contributed by atoms with Gasteiger partial charge in [-0.2, -0.15) is 0 Å². The molecular weight excluding hydrogens is 360 g/mol. The van der Waals surface area contributed by atoms with Crippen LogP contribution in [0.15, 0.2) is 46.4 Å². The molecule has 1 aliphatic carbocycles. The van der Waals surface area contributed by atoms with Gasteiger partial charge in [0.25, 0.3) is 0 Å². The second kappa shape index (κ2) is 7.96. The van der Waals surface area contributed by atoms with E-state index in [1.165, 1.54) is 0 Å². The van der Waals surface area contributed by atoms with Crippen molar-refractivity contribution in [2.24, 2.45) is 0 Å². The summed E-state index contributed by atoms with van der Waals surface area (Å²) in [5.41, 5.74) is 2.94. The van der Waals surface area contributed by atoms with E-state index in [0.29, 0.717) is 6.61 Å². The van der Waals surface area contributed by atoms with E-state index < -0.39 is 0 Å². The van der Waals surface area contributed by atoms with Crippen LogP contribution in [0.3, 0.4) is 0 Å². The zero-order valence-corrected chi connectivity index (χ0v) is 16.1. The number of thiazole rings is 1. The van der Waals surface area contributed by atoms with Gasteiger partial charge in [-0.25, -0.2) is 4.98 Å². The van der Waals surface area contributed by atoms with E-state index in [1.54, 1.807) is 17.6 Å². The molecule has 140 valence electrons. The number of benzene rings is 1. The molecule has 1 N–H and O–H groups in total. The minimum atomic E-state index is -0.00223. The Balaban J connectivity index is 1.39. The lowest BCUT2D eigenvalue weighted by molar-refractivity contribution is -0.121. The number of hydrogen-bond acceptors (Lipinski definition) is 5. The molecule has 1 amide bonds. The van der Waals surface area contributed by atoms with Gasteiger partial charge in [0.2, 0.25) is 5.91 Å². The van der Waals surface area contributed by atoms with Crippen LogP contribution in [0.2, 0.25) is 0 Å². The molecule has 6 heteroatoms. The predicted molar refractivity (Wildman–Crippen MR) is 105 cm³/mol. The lowest BCUT2D eigenvalue weighted by atomic mass is 9.93. The fraction of sp³-hybridized carbons (Fsp3) is 0.333. The van der Waals surface area contributed by atoms with E-state index in [2.05, 4.69) is 10.3 Å². The van der Waals surface area contributed by atoms with Crippen molar-refractivity contribution in [1.29, 1.82) is 0 Å². The summed E-state index contributed by atoms with van der Waals surface area (Å²) in [6, 6.07) is 9.89. The standard InChI is InChI=1S/C21H22N2O3S/c1-2-25-16-8-6-14(7-9-16)21-22-15(13-27-21)12-20(24)23-18-4-3-5-19-17(18)10-11-26-19/h6-11,13,18H,2-5,12H2,1H3,(H,23,24). The molecule has 0 radical (unpaired) electrons. The summed E-state index contributed by atoms with van der Waals surface area (Å²) in [5.74, 6) is 1.85. The fourth-order valence-corrected chi connectivity index (χ4v) is 4.25. The van der Waals surface area contributed by atoms with E-state index in [9.17, 15) is 4.79 Å². The third-order valence-corrected chi connectivity index (χ3v) is 5.63. The quantitative estimate of drug-likeness (QED) is 0.680. The Labute approximate surface area is 162 Å². The van der Waals surface area contributed by atoms with Crippen molar-refractivity contribution in [3.8, 4) is 16.3 Å². The zero-order chi connectivity index (χ0) is 18.6. The Kier molecular flexibility index (Phi) is 5.25. The normalized spacial score (nSPS) is 16.0. The number of nitrogens with one attached hydrogen (secondary N) is 1. The third-order valence-electron chi connectivity index (χ3n) is 4.69. The molecule has 2 heterocycles. The lowest BCUT2D eigenvalue weighted by Gasteiger charge is -2.22. The number of carbonyl (C=O) groups is 1. The van der Waals surface area contributed by atoms with Gasteiger partial charge in [0.15, 0.2) is 0 Å². The second-order valence-corrected chi connectivity index (χ2v) is 7.45. The highest BCUT2D eigenvalue weighted by atomic mass is 32.1. The molecule has 4 rings (SSSR count). The van der Waals surface area contributed by atoms with Gasteiger partial charge in [0.05, 0.1) is 31.0 Å². The maximum Gasteiger partial charge on any atom is 0.226 e. The molecule has 1 atom stereocenters. The van der Waals surface area contributed by atoms with Crippen LogP contribution < -0.4 is 10.1 Å². The van der Waals surface area contributed by atoms with E-state index in [1.807, 2.05) is 42.6 Å². The SMILES string of the molecule is CCOc1ccc(-c2nc(CC(=O)NC3CCCc4occc43)cs2)cc1. The largest absolute Gasteiger partial charge is 0.494 e. The van der Waals surface area contributed by atoms with Crippen molar-refractivity contribution >= 4 is 17.2 Å². The Bertz CT molecular complexity index is 914. The van der Waals surface area contributed by atoms with Crippen LogP contribution in [0.25, 0.3) is 10.6 Å². The number of hydrogen-bond donors (Lipinski definition) is 1. The highest BCUT2D eigenvalue weighted by molar-refractivity contribution is 7.13. The highest BCUT2D eigenvalue weighted by Crippen LogP contribution is 2.30. The van der Waals surface area contributed by atoms with Gasteiger partial charge in [-0.3, -0.25) is 4.79 Å². The van der Waals surface area contributed by atoms with Crippen LogP contribution in [-0.4, -0.2) is 17.5 Å². The van der Waals surface area contributed by atoms with Crippen LogP contribution in [0.5, 0.6) is 5.75 Å². The summed E-state index contributed by atoms with van der Waals surface area (Å²) < 4.78 is 11.0. The maximum absolute atomic E-state index is 12.5. The predicted octanol–water partition coefficient (Wildman–Crippen LogP) is 4.54. The molecule has 3 aromatic rings. The molecule has 1 aromatic carbocycles. The van der Waals surface area contributed by atoms with Crippen LogP contribution in [0.1, 0.15) is 42.8 Å². The number of rotatable bonds is 6. The molecule has 0 bridgehead atoms. The van der Waals surface area contributed by atoms with Crippen molar-refractivity contribution in [3.63, 3.8) is 0 Å². The summed E-state index contributed by atoms with van der Waals surface area (Å²) in [5, 5.41) is 6.00. The summed E-state index contributed by atoms with van der Waals surface area (Å²) in [7, 11) is 0. The fourth-order valence-electron chi connectivity index (χ4n) is 3.43. The highest BCUT2D eigenvalue weighted by Gasteiger charge is 2.24. The van der Waals surface area contributed by atoms with Gasteiger partial charge >= 0.3 is 0 Å². The third kappa shape index (κ3) is 4.06. The Morgan fingerprint density at radius 2 is 2.19 bits per heavy atom. The van der Waals surface area contributed by atoms with Crippen molar-refractivity contribution in [2.45, 2.75) is 38.6 Å². The number of nitrogens with zero attached hydrogens (tertiary/aromatic N) is 1. The summed E-state index contributed by atoms with van der Waals surface area (Å²) in [6.45, 7) is 2.61. The van der Waals surface area contributed by atoms with Crippen LogP contribution in [0.4, 0.5) is 0 Å². The smallest absolute Gasteiger partial charge is 0.226 e. The van der Waals surface area contributed by atoms with Gasteiger partial charge in [0.1, 0.15) is 16.5 Å². The molecule has 0 aliphatic heterocycles. The van der Waals surface area contributed by atoms with Gasteiger partial charge in [0, 0.05) is 22.9 Å². The van der Waals surface area contributed by atoms with Gasteiger partial charge in [-0.1, -0.05) is 0 Å². The summed E-state index contributed by atoms with van der Waals surface area (Å²) >= 11 is 1.55. The average Bonchev–Trinajstić information content (AvgIpc) is 3.32. The second-order valence-electron chi connectivity index (χ2n) is 6.59. The first-order valence-electron chi connectivity index (χ1n) is 9.26. The Morgan fingerprint density at radius 3 is 3.00 bits per heavy atom. The van der Waals surface area contributed by atoms with Crippen molar-refractivity contribution in [1.82, 2.24) is 10.3 Å². The maximum atomic E-state index is 12.5. The van der Waals surface area contributed by atoms with Crippen LogP contribution in [-0.2, 0) is 17.6 Å². The number of ether oxygens (including phenoxy) is 1. The average molecular weight is 382 g/mol. The minimum absolute atomic E-state index is 0.00223. The summed E-state index contributed by atoms with van der Waals surface area (Å²) in [4.78, 5) is 17.1. The van der Waals surface area contributed by atoms with E-state index in [0.717, 1.165) is 52.6 Å². The number of amides is 1. The molecule has 0 fully saturated rings. The Morgan fingerprint density at radius 1 is 1.33 bits per heavy atom. The molecule has 2 aromatic heterocycles. The number of aryl methyl sites for hydroxylation is 1. The van der Waals surface area contributed by atoms with Crippen molar-refractivity contribution < 1.29 is 13.9 Å². The van der Waals surface area contributed by atoms with Gasteiger partial charge in [-0.05, 0) is 50.1 Å². The van der Waals surface area contributed by atoms with Gasteiger partial charge in [-0.15, -0.1) is 11.3 Å². The topological polar surface area (TPSA) is 64.4 Å². The number of carbonyl (C=O) groups excluding carboxylic acids is 1. The summed E-state index contributed by atoms with van der Waals surface area (Å²) in [6.07, 6.45) is 4.93. The molecule has 1 unspecified atom stereocenters. The number of furan rings is 1. The van der Waals surface area contributed by atoms with Crippen molar-refractivity contribution in [2.75, 3.05) is 6.61 Å². The lowest BCUT2D eigenvalue weighted by Crippen LogP contribution is -2.31. The monoisotopic (exact) mass is 382 g/mol. The van der Waals surface area contributed by atoms with Crippen LogP contribution >= 0.6 is 11.3 Å². The molecule has 27 heavy (non-hydrogen) atoms. The number of fused-ring (bicyclic) bond motifs is 1.